The molecule has 0 spiro atoms. The molecule has 6 rings (SSSR count). The fourth-order valence-corrected chi connectivity index (χ4v) is 5.12. The molecule has 1 atom stereocenters. The molecule has 2 aliphatic rings. The van der Waals surface area contributed by atoms with Crippen molar-refractivity contribution < 1.29 is 23.6 Å². The van der Waals surface area contributed by atoms with Crippen molar-refractivity contribution in [1.29, 1.82) is 0 Å². The first-order chi connectivity index (χ1) is 17.7. The molecular formula is C28H32BN3O5. The Morgan fingerprint density at radius 1 is 1.16 bits per heavy atom. The van der Waals surface area contributed by atoms with Gasteiger partial charge in [0.2, 0.25) is 0 Å². The number of imidazole rings is 1. The lowest BCUT2D eigenvalue weighted by atomic mass is 9.77. The molecule has 2 aromatic carbocycles. The number of fused-ring (bicyclic) bond motifs is 2. The molecule has 9 heteroatoms. The average molecular weight is 501 g/mol. The maximum absolute atomic E-state index is 12.2. The molecule has 8 nitrogen and oxygen atoms in total. The predicted molar refractivity (Wildman–Crippen MR) is 142 cm³/mol. The van der Waals surface area contributed by atoms with E-state index in [1.54, 1.807) is 6.07 Å². The van der Waals surface area contributed by atoms with Crippen molar-refractivity contribution in [3.8, 4) is 0 Å². The number of benzene rings is 2. The zero-order chi connectivity index (χ0) is 25.9. The van der Waals surface area contributed by atoms with Gasteiger partial charge in [-0.05, 0) is 63.9 Å². The number of aromatic amines is 1. The number of carbonyl (C=O) groups excluding carboxylic acids is 1. The molecule has 4 heterocycles. The van der Waals surface area contributed by atoms with Crippen molar-refractivity contribution in [2.75, 3.05) is 13.7 Å². The molecule has 0 saturated carbocycles. The van der Waals surface area contributed by atoms with E-state index >= 15 is 0 Å². The van der Waals surface area contributed by atoms with Crippen molar-refractivity contribution in [2.24, 2.45) is 0 Å². The molecule has 0 bridgehead atoms. The Morgan fingerprint density at radius 3 is 2.59 bits per heavy atom. The van der Waals surface area contributed by atoms with Crippen LogP contribution in [-0.2, 0) is 31.7 Å². The van der Waals surface area contributed by atoms with E-state index in [1.165, 1.54) is 7.11 Å². The molecule has 2 saturated heterocycles. The molecule has 4 aromatic rings. The van der Waals surface area contributed by atoms with E-state index in [9.17, 15) is 4.79 Å². The molecule has 0 amide bonds. The van der Waals surface area contributed by atoms with E-state index in [0.717, 1.165) is 51.8 Å². The highest BCUT2D eigenvalue weighted by Crippen LogP contribution is 2.37. The molecule has 0 radical (unpaired) electrons. The van der Waals surface area contributed by atoms with E-state index in [0.29, 0.717) is 18.5 Å². The highest BCUT2D eigenvalue weighted by Gasteiger charge is 2.52. The second-order valence-corrected chi connectivity index (χ2v) is 11.0. The van der Waals surface area contributed by atoms with Crippen molar-refractivity contribution in [3.05, 3.63) is 59.5 Å². The highest BCUT2D eigenvalue weighted by molar-refractivity contribution is 6.65. The van der Waals surface area contributed by atoms with Crippen LogP contribution in [0.2, 0.25) is 0 Å². The molecule has 0 aliphatic carbocycles. The van der Waals surface area contributed by atoms with Crippen LogP contribution in [-0.4, -0.2) is 58.6 Å². The molecule has 37 heavy (non-hydrogen) atoms. The number of nitrogens with one attached hydrogen (secondary N) is 1. The van der Waals surface area contributed by atoms with Gasteiger partial charge in [0.15, 0.2) is 0 Å². The molecule has 2 aromatic heterocycles. The topological polar surface area (TPSA) is 87.6 Å². The monoisotopic (exact) mass is 501 g/mol. The molecular weight excluding hydrogens is 469 g/mol. The van der Waals surface area contributed by atoms with Gasteiger partial charge in [0.05, 0.1) is 47.6 Å². The van der Waals surface area contributed by atoms with Gasteiger partial charge < -0.3 is 28.3 Å². The van der Waals surface area contributed by atoms with Gasteiger partial charge in [-0.3, -0.25) is 0 Å². The number of methoxy groups -OCH3 is 1. The van der Waals surface area contributed by atoms with Crippen molar-refractivity contribution >= 4 is 40.5 Å². The van der Waals surface area contributed by atoms with Crippen LogP contribution in [0.4, 0.5) is 0 Å². The second kappa shape index (κ2) is 8.72. The quantitative estimate of drug-likeness (QED) is 0.318. The Labute approximate surface area is 216 Å². The van der Waals surface area contributed by atoms with Gasteiger partial charge in [0.1, 0.15) is 5.82 Å². The maximum atomic E-state index is 12.2. The van der Waals surface area contributed by atoms with Crippen molar-refractivity contribution in [2.45, 2.75) is 64.4 Å². The average Bonchev–Trinajstić information content (AvgIpc) is 3.50. The second-order valence-electron chi connectivity index (χ2n) is 11.0. The number of carbonyl (C=O) groups is 1. The summed E-state index contributed by atoms with van der Waals surface area (Å²) in [5, 5.41) is 1.11. The Bertz CT molecular complexity index is 1480. The van der Waals surface area contributed by atoms with Gasteiger partial charge in [-0.25, -0.2) is 9.78 Å². The first-order valence-electron chi connectivity index (χ1n) is 12.8. The smallest absolute Gasteiger partial charge is 0.465 e. The summed E-state index contributed by atoms with van der Waals surface area (Å²) in [5.41, 5.74) is 4.59. The number of aromatic nitrogens is 3. The van der Waals surface area contributed by atoms with Crippen LogP contribution >= 0.6 is 0 Å². The minimum atomic E-state index is -0.447. The Morgan fingerprint density at radius 2 is 1.92 bits per heavy atom. The number of ether oxygens (including phenoxy) is 2. The van der Waals surface area contributed by atoms with Crippen LogP contribution in [0.3, 0.4) is 0 Å². The number of esters is 1. The third-order valence-corrected chi connectivity index (χ3v) is 8.13. The minimum Gasteiger partial charge on any atom is -0.465 e. The van der Waals surface area contributed by atoms with Gasteiger partial charge in [-0.15, -0.1) is 0 Å². The summed E-state index contributed by atoms with van der Waals surface area (Å²) in [5.74, 6) is 0.571. The standard InChI is InChI=1S/C28H32BN3O5/c1-27(2)28(3,4)37-29(36-27)21-8-6-17(20-10-12-30-25(20)21)15-24-31-22-9-7-18(26(33)34-5)14-23(22)32(24)16-19-11-13-35-19/h6-10,12,14,19,30H,11,13,15-16H2,1-5H3/t19-/m0/s1. The number of nitrogens with zero attached hydrogens (tertiary/aromatic N) is 2. The summed E-state index contributed by atoms with van der Waals surface area (Å²) in [6.07, 6.45) is 3.75. The summed E-state index contributed by atoms with van der Waals surface area (Å²) in [6, 6.07) is 11.8. The number of H-pyrrole nitrogens is 1. The summed E-state index contributed by atoms with van der Waals surface area (Å²) in [6.45, 7) is 9.73. The number of rotatable bonds is 6. The summed E-state index contributed by atoms with van der Waals surface area (Å²) < 4.78 is 25.6. The predicted octanol–water partition coefficient (Wildman–Crippen LogP) is 3.98. The lowest BCUT2D eigenvalue weighted by molar-refractivity contribution is -0.0589. The summed E-state index contributed by atoms with van der Waals surface area (Å²) in [7, 11) is 0.949. The zero-order valence-electron chi connectivity index (χ0n) is 22.0. The normalized spacial score (nSPS) is 20.5. The molecule has 192 valence electrons. The maximum Gasteiger partial charge on any atom is 0.497 e. The van der Waals surface area contributed by atoms with Crippen LogP contribution in [0.25, 0.3) is 21.9 Å². The highest BCUT2D eigenvalue weighted by atomic mass is 16.7. The summed E-state index contributed by atoms with van der Waals surface area (Å²) in [4.78, 5) is 20.6. The lowest BCUT2D eigenvalue weighted by Crippen LogP contribution is -2.41. The van der Waals surface area contributed by atoms with Crippen LogP contribution < -0.4 is 5.46 Å². The fourth-order valence-electron chi connectivity index (χ4n) is 5.12. The van der Waals surface area contributed by atoms with Gasteiger partial charge in [0, 0.05) is 35.6 Å². The van der Waals surface area contributed by atoms with Crippen LogP contribution in [0.15, 0.2) is 42.6 Å². The molecule has 0 unspecified atom stereocenters. The van der Waals surface area contributed by atoms with E-state index in [-0.39, 0.29) is 12.1 Å². The Balaban J connectivity index is 1.39. The number of hydrogen-bond acceptors (Lipinski definition) is 6. The van der Waals surface area contributed by atoms with E-state index in [1.807, 2.05) is 18.3 Å². The molecule has 1 N–H and O–H groups in total. The Kier molecular flexibility index (Phi) is 5.71. The third-order valence-electron chi connectivity index (χ3n) is 8.13. The van der Waals surface area contributed by atoms with E-state index in [4.69, 9.17) is 23.8 Å². The van der Waals surface area contributed by atoms with Crippen molar-refractivity contribution in [3.63, 3.8) is 0 Å². The lowest BCUT2D eigenvalue weighted by Gasteiger charge is -2.32. The Hall–Kier alpha value is -3.14. The fraction of sp³-hybridized carbons (Fsp3) is 0.429. The SMILES string of the molecule is COC(=O)c1ccc2nc(Cc3ccc(B4OC(C)(C)C(C)(C)O4)c4[nH]ccc34)n(C[C@@H]3CCO3)c2c1. The van der Waals surface area contributed by atoms with Gasteiger partial charge in [0.25, 0.3) is 0 Å². The largest absolute Gasteiger partial charge is 0.497 e. The molecule has 2 aliphatic heterocycles. The van der Waals surface area contributed by atoms with E-state index < -0.39 is 18.3 Å². The van der Waals surface area contributed by atoms with Crippen LogP contribution in [0.1, 0.15) is 55.9 Å². The van der Waals surface area contributed by atoms with E-state index in [2.05, 4.69) is 55.4 Å². The summed E-state index contributed by atoms with van der Waals surface area (Å²) >= 11 is 0. The first kappa shape index (κ1) is 24.2. The minimum absolute atomic E-state index is 0.149. The molecule has 2 fully saturated rings. The van der Waals surface area contributed by atoms with Crippen molar-refractivity contribution in [1.82, 2.24) is 14.5 Å². The van der Waals surface area contributed by atoms with Gasteiger partial charge in [-0.2, -0.15) is 0 Å². The third kappa shape index (κ3) is 4.06. The van der Waals surface area contributed by atoms with Crippen LogP contribution in [0, 0.1) is 0 Å². The van der Waals surface area contributed by atoms with Crippen LogP contribution in [0.5, 0.6) is 0 Å². The zero-order valence-corrected chi connectivity index (χ0v) is 22.0. The number of hydrogen-bond donors (Lipinski definition) is 1. The van der Waals surface area contributed by atoms with Gasteiger partial charge >= 0.3 is 13.1 Å². The van der Waals surface area contributed by atoms with Gasteiger partial charge in [-0.1, -0.05) is 12.1 Å². The first-order valence-corrected chi connectivity index (χ1v) is 12.8.